The van der Waals surface area contributed by atoms with Gasteiger partial charge in [0.05, 0.1) is 6.61 Å². The fraction of sp³-hybridized carbons (Fsp3) is 0.524. The predicted molar refractivity (Wildman–Crippen MR) is 104 cm³/mol. The van der Waals surface area contributed by atoms with Crippen LogP contribution >= 0.6 is 0 Å². The van der Waals surface area contributed by atoms with E-state index in [1.54, 1.807) is 0 Å². The molecule has 0 saturated carbocycles. The summed E-state index contributed by atoms with van der Waals surface area (Å²) in [5.74, 6) is 0. The fourth-order valence-electron chi connectivity index (χ4n) is 3.31. The van der Waals surface area contributed by atoms with Gasteiger partial charge in [0.15, 0.2) is 0 Å². The van der Waals surface area contributed by atoms with Crippen molar-refractivity contribution >= 4 is 0 Å². The van der Waals surface area contributed by atoms with E-state index in [1.165, 1.54) is 11.3 Å². The topological polar surface area (TPSA) is 41.5 Å². The maximum Gasteiger partial charge on any atom is 0.0593 e. The minimum atomic E-state index is 0.816. The third-order valence-electron chi connectivity index (χ3n) is 4.81. The number of hydrogen-bond acceptors (Lipinski definition) is 5. The van der Waals surface area contributed by atoms with Crippen molar-refractivity contribution in [3.63, 3.8) is 0 Å². The van der Waals surface area contributed by atoms with Crippen LogP contribution in [0.5, 0.6) is 0 Å². The molecular formula is C21H30N4O. The highest BCUT2D eigenvalue weighted by atomic mass is 16.5. The molecule has 0 unspecified atom stereocenters. The molecule has 0 aliphatic carbocycles. The Morgan fingerprint density at radius 2 is 1.85 bits per heavy atom. The van der Waals surface area contributed by atoms with Gasteiger partial charge in [0, 0.05) is 69.7 Å². The van der Waals surface area contributed by atoms with Crippen molar-refractivity contribution in [3.8, 4) is 0 Å². The van der Waals surface area contributed by atoms with Crippen LogP contribution in [-0.2, 0) is 17.7 Å². The predicted octanol–water partition coefficient (Wildman–Crippen LogP) is 2.55. The molecule has 3 heterocycles. The van der Waals surface area contributed by atoms with Crippen LogP contribution in [0.3, 0.4) is 0 Å². The number of aromatic nitrogens is 2. The second-order valence-corrected chi connectivity index (χ2v) is 6.97. The molecule has 2 aromatic rings. The van der Waals surface area contributed by atoms with E-state index in [2.05, 4.69) is 38.0 Å². The molecule has 0 bridgehead atoms. The molecule has 5 nitrogen and oxygen atoms in total. The molecule has 0 aromatic carbocycles. The highest BCUT2D eigenvalue weighted by Gasteiger charge is 2.16. The zero-order valence-electron chi connectivity index (χ0n) is 15.8. The highest BCUT2D eigenvalue weighted by molar-refractivity contribution is 5.10. The van der Waals surface area contributed by atoms with E-state index in [0.717, 1.165) is 71.0 Å². The maximum atomic E-state index is 5.82. The van der Waals surface area contributed by atoms with Gasteiger partial charge in [-0.05, 0) is 43.5 Å². The Morgan fingerprint density at radius 1 is 1.00 bits per heavy atom. The quantitative estimate of drug-likeness (QED) is 0.648. The van der Waals surface area contributed by atoms with Crippen LogP contribution in [0.2, 0.25) is 0 Å². The maximum absolute atomic E-state index is 5.82. The first-order valence-electron chi connectivity index (χ1n) is 9.63. The second-order valence-electron chi connectivity index (χ2n) is 6.97. The minimum absolute atomic E-state index is 0.816. The molecule has 1 aliphatic heterocycles. The molecule has 0 spiro atoms. The van der Waals surface area contributed by atoms with E-state index in [-0.39, 0.29) is 0 Å². The Hall–Kier alpha value is -1.82. The lowest BCUT2D eigenvalue weighted by atomic mass is 10.2. The zero-order chi connectivity index (χ0) is 18.0. The molecule has 1 saturated heterocycles. The van der Waals surface area contributed by atoms with Gasteiger partial charge in [-0.2, -0.15) is 0 Å². The van der Waals surface area contributed by atoms with E-state index >= 15 is 0 Å². The summed E-state index contributed by atoms with van der Waals surface area (Å²) < 4.78 is 5.82. The molecule has 140 valence electrons. The van der Waals surface area contributed by atoms with Gasteiger partial charge in [-0.25, -0.2) is 0 Å². The van der Waals surface area contributed by atoms with Crippen LogP contribution in [-0.4, -0.2) is 65.7 Å². The Balaban J connectivity index is 1.23. The van der Waals surface area contributed by atoms with Crippen molar-refractivity contribution in [2.24, 2.45) is 0 Å². The van der Waals surface area contributed by atoms with Gasteiger partial charge in [-0.15, -0.1) is 0 Å². The molecule has 5 heteroatoms. The number of aryl methyl sites for hydroxylation is 2. The molecule has 1 fully saturated rings. The van der Waals surface area contributed by atoms with E-state index in [1.807, 2.05) is 31.5 Å². The van der Waals surface area contributed by atoms with Gasteiger partial charge in [-0.3, -0.25) is 19.8 Å². The Kier molecular flexibility index (Phi) is 7.55. The Morgan fingerprint density at radius 3 is 2.62 bits per heavy atom. The normalized spacial score (nSPS) is 16.0. The Bertz CT molecular complexity index is 641. The van der Waals surface area contributed by atoms with Crippen molar-refractivity contribution < 1.29 is 4.74 Å². The molecular weight excluding hydrogens is 324 g/mol. The third kappa shape index (κ3) is 6.48. The standard InChI is InChI=1S/C21H30N4O/c1-19-5-2-7-21(23-19)8-4-15-26-16-14-24-10-12-25(13-11-24)18-20-6-3-9-22-17-20/h2-3,5-7,9,17H,4,8,10-16,18H2,1H3. The van der Waals surface area contributed by atoms with Gasteiger partial charge in [0.1, 0.15) is 0 Å². The smallest absolute Gasteiger partial charge is 0.0593 e. The number of rotatable bonds is 9. The molecule has 0 radical (unpaired) electrons. The molecule has 3 rings (SSSR count). The van der Waals surface area contributed by atoms with Gasteiger partial charge in [0.2, 0.25) is 0 Å². The van der Waals surface area contributed by atoms with Crippen molar-refractivity contribution in [3.05, 3.63) is 59.7 Å². The van der Waals surface area contributed by atoms with Crippen molar-refractivity contribution in [2.45, 2.75) is 26.3 Å². The van der Waals surface area contributed by atoms with Gasteiger partial charge in [0.25, 0.3) is 0 Å². The van der Waals surface area contributed by atoms with Crippen LogP contribution in [0.25, 0.3) is 0 Å². The Labute approximate surface area is 157 Å². The largest absolute Gasteiger partial charge is 0.380 e. The minimum Gasteiger partial charge on any atom is -0.380 e. The van der Waals surface area contributed by atoms with Gasteiger partial charge < -0.3 is 4.74 Å². The summed E-state index contributed by atoms with van der Waals surface area (Å²) in [4.78, 5) is 13.7. The molecule has 0 amide bonds. The molecule has 26 heavy (non-hydrogen) atoms. The van der Waals surface area contributed by atoms with Crippen LogP contribution in [0.4, 0.5) is 0 Å². The molecule has 0 atom stereocenters. The van der Waals surface area contributed by atoms with E-state index < -0.39 is 0 Å². The van der Waals surface area contributed by atoms with Crippen molar-refractivity contribution in [1.82, 2.24) is 19.8 Å². The summed E-state index contributed by atoms with van der Waals surface area (Å²) in [7, 11) is 0. The second kappa shape index (κ2) is 10.4. The first-order valence-corrected chi connectivity index (χ1v) is 9.63. The number of piperazine rings is 1. The zero-order valence-corrected chi connectivity index (χ0v) is 15.8. The summed E-state index contributed by atoms with van der Waals surface area (Å²) in [6.45, 7) is 10.2. The summed E-state index contributed by atoms with van der Waals surface area (Å²) in [5, 5.41) is 0. The number of nitrogens with zero attached hydrogens (tertiary/aromatic N) is 4. The monoisotopic (exact) mass is 354 g/mol. The first kappa shape index (κ1) is 19.0. The van der Waals surface area contributed by atoms with Gasteiger partial charge in [-0.1, -0.05) is 12.1 Å². The average molecular weight is 354 g/mol. The number of hydrogen-bond donors (Lipinski definition) is 0. The van der Waals surface area contributed by atoms with Crippen molar-refractivity contribution in [2.75, 3.05) is 45.9 Å². The van der Waals surface area contributed by atoms with Gasteiger partial charge >= 0.3 is 0 Å². The third-order valence-corrected chi connectivity index (χ3v) is 4.81. The molecule has 1 aliphatic rings. The lowest BCUT2D eigenvalue weighted by Crippen LogP contribution is -2.46. The first-order chi connectivity index (χ1) is 12.8. The highest BCUT2D eigenvalue weighted by Crippen LogP contribution is 2.07. The fourth-order valence-corrected chi connectivity index (χ4v) is 3.31. The summed E-state index contributed by atoms with van der Waals surface area (Å²) in [5.41, 5.74) is 3.55. The van der Waals surface area contributed by atoms with Crippen LogP contribution < -0.4 is 0 Å². The molecule has 2 aromatic heterocycles. The summed E-state index contributed by atoms with van der Waals surface area (Å²) in [6.07, 6.45) is 5.83. The SMILES string of the molecule is Cc1cccc(CCCOCCN2CCN(Cc3cccnc3)CC2)n1. The average Bonchev–Trinajstić information content (AvgIpc) is 2.67. The van der Waals surface area contributed by atoms with E-state index in [4.69, 9.17) is 4.74 Å². The number of pyridine rings is 2. The summed E-state index contributed by atoms with van der Waals surface area (Å²) >= 11 is 0. The number of ether oxygens (including phenoxy) is 1. The van der Waals surface area contributed by atoms with Crippen LogP contribution in [0.1, 0.15) is 23.4 Å². The van der Waals surface area contributed by atoms with Crippen LogP contribution in [0, 0.1) is 6.92 Å². The molecule has 0 N–H and O–H groups in total. The van der Waals surface area contributed by atoms with E-state index in [9.17, 15) is 0 Å². The van der Waals surface area contributed by atoms with E-state index in [0.29, 0.717) is 0 Å². The van der Waals surface area contributed by atoms with Crippen molar-refractivity contribution in [1.29, 1.82) is 0 Å². The lowest BCUT2D eigenvalue weighted by Gasteiger charge is -2.34. The summed E-state index contributed by atoms with van der Waals surface area (Å²) in [6, 6.07) is 10.4. The van der Waals surface area contributed by atoms with Crippen LogP contribution in [0.15, 0.2) is 42.7 Å². The lowest BCUT2D eigenvalue weighted by molar-refractivity contribution is 0.0726.